The summed E-state index contributed by atoms with van der Waals surface area (Å²) in [5.74, 6) is -0.299. The van der Waals surface area contributed by atoms with E-state index in [2.05, 4.69) is 0 Å². The smallest absolute Gasteiger partial charge is 0.343 e. The Labute approximate surface area is 135 Å². The van der Waals surface area contributed by atoms with E-state index < -0.39 is 5.79 Å². The van der Waals surface area contributed by atoms with E-state index in [1.165, 1.54) is 19.3 Å². The van der Waals surface area contributed by atoms with Crippen LogP contribution in [-0.2, 0) is 0 Å². The summed E-state index contributed by atoms with van der Waals surface area (Å²) >= 11 is 0. The van der Waals surface area contributed by atoms with Crippen molar-refractivity contribution in [2.24, 2.45) is 5.92 Å². The molecule has 0 saturated heterocycles. The van der Waals surface area contributed by atoms with Gasteiger partial charge in [-0.1, -0.05) is 31.4 Å². The molecule has 4 rings (SSSR count). The molecule has 1 aliphatic carbocycles. The number of hydrogen-bond acceptors (Lipinski definition) is 4. The quantitative estimate of drug-likeness (QED) is 0.810. The lowest BCUT2D eigenvalue weighted by atomic mass is 9.73. The van der Waals surface area contributed by atoms with Crippen LogP contribution in [0.25, 0.3) is 11.0 Å². The molecule has 1 aromatic heterocycles. The zero-order valence-electron chi connectivity index (χ0n) is 13.4. The van der Waals surface area contributed by atoms with Crippen LogP contribution in [0.2, 0.25) is 0 Å². The van der Waals surface area contributed by atoms with E-state index in [4.69, 9.17) is 9.15 Å². The fourth-order valence-corrected chi connectivity index (χ4v) is 4.28. The highest BCUT2D eigenvalue weighted by Crippen LogP contribution is 2.48. The normalized spacial score (nSPS) is 28.3. The second-order valence-electron chi connectivity index (χ2n) is 7.11. The Hall–Kier alpha value is -1.81. The number of fused-ring (bicyclic) bond motifs is 3. The molecule has 2 aromatic rings. The molecule has 1 saturated carbocycles. The molecule has 2 unspecified atom stereocenters. The van der Waals surface area contributed by atoms with Crippen molar-refractivity contribution in [2.75, 3.05) is 0 Å². The first-order valence-corrected chi connectivity index (χ1v) is 8.52. The molecule has 2 aliphatic rings. The third-order valence-corrected chi connectivity index (χ3v) is 5.31. The molecule has 23 heavy (non-hydrogen) atoms. The average molecular weight is 314 g/mol. The third-order valence-electron chi connectivity index (χ3n) is 5.31. The van der Waals surface area contributed by atoms with Crippen molar-refractivity contribution < 1.29 is 14.3 Å². The molecule has 1 aromatic carbocycles. The van der Waals surface area contributed by atoms with Crippen molar-refractivity contribution in [1.82, 2.24) is 0 Å². The summed E-state index contributed by atoms with van der Waals surface area (Å²) < 4.78 is 11.4. The standard InChI is InChI=1S/C19H22O4/c1-19(21)11-14(12-7-3-2-4-8-12)16-17(23-19)13-9-5-6-10-15(13)22-18(16)20/h5-6,9-10,12,14,21H,2-4,7-8,11H2,1H3. The Balaban J connectivity index is 1.92. The van der Waals surface area contributed by atoms with Crippen LogP contribution in [0, 0.1) is 5.92 Å². The first kappa shape index (κ1) is 14.8. The molecule has 0 bridgehead atoms. The summed E-state index contributed by atoms with van der Waals surface area (Å²) in [6.07, 6.45) is 6.30. The Morgan fingerprint density at radius 2 is 1.91 bits per heavy atom. The van der Waals surface area contributed by atoms with Crippen LogP contribution >= 0.6 is 0 Å². The molecule has 1 fully saturated rings. The molecular formula is C19H22O4. The molecule has 2 heterocycles. The first-order valence-electron chi connectivity index (χ1n) is 8.52. The minimum Gasteiger partial charge on any atom is -0.462 e. The van der Waals surface area contributed by atoms with Crippen LogP contribution in [0.3, 0.4) is 0 Å². The minimum absolute atomic E-state index is 0.00917. The third kappa shape index (κ3) is 2.55. The molecule has 0 amide bonds. The van der Waals surface area contributed by atoms with Crippen LogP contribution in [-0.4, -0.2) is 10.9 Å². The Kier molecular flexibility index (Phi) is 3.45. The largest absolute Gasteiger partial charge is 0.462 e. The summed E-state index contributed by atoms with van der Waals surface area (Å²) in [5, 5.41) is 11.4. The Morgan fingerprint density at radius 3 is 2.70 bits per heavy atom. The summed E-state index contributed by atoms with van der Waals surface area (Å²) in [7, 11) is 0. The molecular weight excluding hydrogens is 292 g/mol. The average Bonchev–Trinajstić information content (AvgIpc) is 2.54. The number of ether oxygens (including phenoxy) is 1. The van der Waals surface area contributed by atoms with Gasteiger partial charge in [0, 0.05) is 19.3 Å². The monoisotopic (exact) mass is 314 g/mol. The van der Waals surface area contributed by atoms with Gasteiger partial charge in [0.2, 0.25) is 5.79 Å². The van der Waals surface area contributed by atoms with E-state index in [1.54, 1.807) is 13.0 Å². The lowest BCUT2D eigenvalue weighted by Crippen LogP contribution is -2.42. The molecule has 1 N–H and O–H groups in total. The van der Waals surface area contributed by atoms with E-state index in [0.29, 0.717) is 29.2 Å². The zero-order valence-corrected chi connectivity index (χ0v) is 13.4. The second kappa shape index (κ2) is 5.38. The van der Waals surface area contributed by atoms with Gasteiger partial charge in [0.25, 0.3) is 0 Å². The highest BCUT2D eigenvalue weighted by atomic mass is 16.6. The summed E-state index contributed by atoms with van der Waals surface area (Å²) in [6, 6.07) is 7.37. The summed E-state index contributed by atoms with van der Waals surface area (Å²) in [5.41, 5.74) is 0.822. The van der Waals surface area contributed by atoms with E-state index in [-0.39, 0.29) is 11.5 Å². The number of rotatable bonds is 1. The maximum Gasteiger partial charge on any atom is 0.343 e. The van der Waals surface area contributed by atoms with E-state index in [9.17, 15) is 9.90 Å². The lowest BCUT2D eigenvalue weighted by Gasteiger charge is -2.40. The molecule has 122 valence electrons. The first-order chi connectivity index (χ1) is 11.1. The predicted molar refractivity (Wildman–Crippen MR) is 87.7 cm³/mol. The van der Waals surface area contributed by atoms with Gasteiger partial charge in [-0.2, -0.15) is 0 Å². The van der Waals surface area contributed by atoms with Crippen LogP contribution in [0.5, 0.6) is 5.75 Å². The minimum atomic E-state index is -1.24. The van der Waals surface area contributed by atoms with E-state index in [1.807, 2.05) is 18.2 Å². The predicted octanol–water partition coefficient (Wildman–Crippen LogP) is 3.95. The number of para-hydroxylation sites is 1. The van der Waals surface area contributed by atoms with Gasteiger partial charge in [-0.05, 0) is 30.9 Å². The molecule has 4 heteroatoms. The van der Waals surface area contributed by atoms with Gasteiger partial charge in [0.05, 0.1) is 10.9 Å². The Morgan fingerprint density at radius 1 is 1.17 bits per heavy atom. The van der Waals surface area contributed by atoms with Crippen molar-refractivity contribution >= 4 is 11.0 Å². The fraction of sp³-hybridized carbons (Fsp3) is 0.526. The lowest BCUT2D eigenvalue weighted by molar-refractivity contribution is -0.143. The Bertz CT molecular complexity index is 784. The van der Waals surface area contributed by atoms with Crippen molar-refractivity contribution in [3.63, 3.8) is 0 Å². The van der Waals surface area contributed by atoms with Crippen LogP contribution in [0.4, 0.5) is 0 Å². The highest BCUT2D eigenvalue weighted by molar-refractivity contribution is 5.84. The van der Waals surface area contributed by atoms with Gasteiger partial charge >= 0.3 is 5.63 Å². The molecule has 4 nitrogen and oxygen atoms in total. The van der Waals surface area contributed by atoms with Gasteiger partial charge in [-0.25, -0.2) is 4.79 Å². The van der Waals surface area contributed by atoms with Crippen molar-refractivity contribution in [3.05, 3.63) is 40.2 Å². The SMILES string of the molecule is CC1(O)CC(C2CCCCC2)c2c(c3ccccc3oc2=O)O1. The van der Waals surface area contributed by atoms with E-state index in [0.717, 1.165) is 18.2 Å². The second-order valence-corrected chi connectivity index (χ2v) is 7.11. The van der Waals surface area contributed by atoms with Crippen molar-refractivity contribution in [2.45, 2.75) is 57.2 Å². The zero-order chi connectivity index (χ0) is 16.0. The number of benzene rings is 1. The molecule has 1 aliphatic heterocycles. The highest BCUT2D eigenvalue weighted by Gasteiger charge is 2.42. The number of hydrogen-bond donors (Lipinski definition) is 1. The number of aliphatic hydroxyl groups is 1. The maximum absolute atomic E-state index is 12.6. The fourth-order valence-electron chi connectivity index (χ4n) is 4.28. The molecule has 0 spiro atoms. The van der Waals surface area contributed by atoms with Crippen molar-refractivity contribution in [1.29, 1.82) is 0 Å². The van der Waals surface area contributed by atoms with Gasteiger partial charge in [-0.15, -0.1) is 0 Å². The van der Waals surface area contributed by atoms with Crippen LogP contribution < -0.4 is 10.4 Å². The molecule has 0 radical (unpaired) electrons. The van der Waals surface area contributed by atoms with Crippen LogP contribution in [0.1, 0.15) is 56.9 Å². The van der Waals surface area contributed by atoms with Gasteiger partial charge in [-0.3, -0.25) is 0 Å². The van der Waals surface area contributed by atoms with Crippen LogP contribution in [0.15, 0.2) is 33.5 Å². The van der Waals surface area contributed by atoms with Gasteiger partial charge in [0.15, 0.2) is 0 Å². The maximum atomic E-state index is 12.6. The van der Waals surface area contributed by atoms with E-state index >= 15 is 0 Å². The van der Waals surface area contributed by atoms with Crippen molar-refractivity contribution in [3.8, 4) is 5.75 Å². The van der Waals surface area contributed by atoms with Gasteiger partial charge < -0.3 is 14.3 Å². The van der Waals surface area contributed by atoms with Gasteiger partial charge in [0.1, 0.15) is 11.3 Å². The molecule has 2 atom stereocenters. The summed E-state index contributed by atoms with van der Waals surface area (Å²) in [4.78, 5) is 12.6. The topological polar surface area (TPSA) is 59.7 Å². The summed E-state index contributed by atoms with van der Waals surface area (Å²) in [6.45, 7) is 1.69.